The third-order valence-electron chi connectivity index (χ3n) is 2.87. The fourth-order valence-electron chi connectivity index (χ4n) is 1.79. The summed E-state index contributed by atoms with van der Waals surface area (Å²) >= 11 is 20.7. The number of benzene rings is 1. The Labute approximate surface area is 133 Å². The van der Waals surface area contributed by atoms with Crippen molar-refractivity contribution in [1.29, 1.82) is 0 Å². The molecule has 2 rings (SSSR count). The molecule has 1 heterocycles. The van der Waals surface area contributed by atoms with Gasteiger partial charge in [0.2, 0.25) is 0 Å². The summed E-state index contributed by atoms with van der Waals surface area (Å²) in [5.74, 6) is 0. The molecule has 0 aliphatic heterocycles. The lowest BCUT2D eigenvalue weighted by atomic mass is 9.95. The SMILES string of the molecule is CC(C)(C)c1ccc(C(Cl)c2c(Cl)cccc2Cl)s1. The molecular weight excluding hydrogens is 319 g/mol. The highest BCUT2D eigenvalue weighted by atomic mass is 35.5. The predicted octanol–water partition coefficient (Wildman–Crippen LogP) is 6.68. The third kappa shape index (κ3) is 3.28. The highest BCUT2D eigenvalue weighted by molar-refractivity contribution is 7.12. The molecule has 0 fully saturated rings. The molecule has 0 amide bonds. The Balaban J connectivity index is 2.40. The molecule has 0 radical (unpaired) electrons. The molecule has 1 aromatic carbocycles. The Hall–Kier alpha value is -0.210. The van der Waals surface area contributed by atoms with Crippen LogP contribution in [0.5, 0.6) is 0 Å². The number of rotatable bonds is 2. The lowest BCUT2D eigenvalue weighted by Gasteiger charge is -2.16. The molecule has 0 saturated heterocycles. The molecule has 19 heavy (non-hydrogen) atoms. The van der Waals surface area contributed by atoms with Crippen LogP contribution in [0.4, 0.5) is 0 Å². The van der Waals surface area contributed by atoms with Gasteiger partial charge in [-0.3, -0.25) is 0 Å². The van der Waals surface area contributed by atoms with Gasteiger partial charge in [-0.25, -0.2) is 0 Å². The van der Waals surface area contributed by atoms with Crippen LogP contribution in [-0.2, 0) is 5.41 Å². The lowest BCUT2D eigenvalue weighted by Crippen LogP contribution is -2.07. The van der Waals surface area contributed by atoms with E-state index in [9.17, 15) is 0 Å². The van der Waals surface area contributed by atoms with Crippen molar-refractivity contribution in [2.24, 2.45) is 0 Å². The Kier molecular flexibility index (Phi) is 4.52. The normalized spacial score (nSPS) is 13.6. The van der Waals surface area contributed by atoms with E-state index in [1.165, 1.54) is 4.88 Å². The topological polar surface area (TPSA) is 0 Å². The molecule has 0 aliphatic carbocycles. The van der Waals surface area contributed by atoms with E-state index in [0.29, 0.717) is 10.0 Å². The Morgan fingerprint density at radius 2 is 1.58 bits per heavy atom. The molecule has 1 unspecified atom stereocenters. The van der Waals surface area contributed by atoms with Crippen LogP contribution in [0.1, 0.15) is 41.5 Å². The first-order valence-electron chi connectivity index (χ1n) is 5.99. The number of hydrogen-bond acceptors (Lipinski definition) is 1. The molecule has 0 N–H and O–H groups in total. The average molecular weight is 334 g/mol. The van der Waals surface area contributed by atoms with E-state index in [1.807, 2.05) is 18.2 Å². The smallest absolute Gasteiger partial charge is 0.0956 e. The minimum Gasteiger partial charge on any atom is -0.143 e. The first-order chi connectivity index (χ1) is 8.80. The largest absolute Gasteiger partial charge is 0.143 e. The fourth-order valence-corrected chi connectivity index (χ4v) is 4.01. The zero-order valence-corrected chi connectivity index (χ0v) is 14.1. The van der Waals surface area contributed by atoms with Crippen LogP contribution in [0.3, 0.4) is 0 Å². The van der Waals surface area contributed by atoms with Gasteiger partial charge in [0.25, 0.3) is 0 Å². The maximum Gasteiger partial charge on any atom is 0.0956 e. The second-order valence-corrected chi connectivity index (χ2v) is 7.82. The molecule has 0 saturated carbocycles. The molecule has 0 bridgehead atoms. The summed E-state index contributed by atoms with van der Waals surface area (Å²) in [6, 6.07) is 9.64. The monoisotopic (exact) mass is 332 g/mol. The van der Waals surface area contributed by atoms with E-state index in [2.05, 4.69) is 32.9 Å². The van der Waals surface area contributed by atoms with Crippen LogP contribution in [0, 0.1) is 0 Å². The van der Waals surface area contributed by atoms with Gasteiger partial charge in [0.05, 0.1) is 5.38 Å². The van der Waals surface area contributed by atoms with Gasteiger partial charge in [-0.15, -0.1) is 22.9 Å². The average Bonchev–Trinajstić information content (AvgIpc) is 2.77. The maximum absolute atomic E-state index is 6.55. The van der Waals surface area contributed by atoms with E-state index in [1.54, 1.807) is 11.3 Å². The Morgan fingerprint density at radius 1 is 1.00 bits per heavy atom. The van der Waals surface area contributed by atoms with Crippen LogP contribution in [0.2, 0.25) is 10.0 Å². The van der Waals surface area contributed by atoms with E-state index >= 15 is 0 Å². The van der Waals surface area contributed by atoms with Crippen LogP contribution in [0.25, 0.3) is 0 Å². The summed E-state index contributed by atoms with van der Waals surface area (Å²) in [6.45, 7) is 6.57. The summed E-state index contributed by atoms with van der Waals surface area (Å²) in [4.78, 5) is 2.37. The standard InChI is InChI=1S/C15H15Cl3S/c1-15(2,3)12-8-7-11(19-12)14(18)13-9(16)5-4-6-10(13)17/h4-8,14H,1-3H3. The zero-order chi connectivity index (χ0) is 14.2. The van der Waals surface area contributed by atoms with Crippen molar-refractivity contribution in [2.75, 3.05) is 0 Å². The first kappa shape index (κ1) is 15.2. The number of hydrogen-bond donors (Lipinski definition) is 0. The maximum atomic E-state index is 6.55. The van der Waals surface area contributed by atoms with Gasteiger partial charge in [0.1, 0.15) is 0 Å². The molecule has 1 aromatic heterocycles. The molecular formula is C15H15Cl3S. The van der Waals surface area contributed by atoms with Crippen LogP contribution in [0.15, 0.2) is 30.3 Å². The lowest BCUT2D eigenvalue weighted by molar-refractivity contribution is 0.604. The molecule has 0 spiro atoms. The van der Waals surface area contributed by atoms with Crippen molar-refractivity contribution < 1.29 is 0 Å². The van der Waals surface area contributed by atoms with Gasteiger partial charge in [0.15, 0.2) is 0 Å². The summed E-state index contributed by atoms with van der Waals surface area (Å²) in [7, 11) is 0. The van der Waals surface area contributed by atoms with Gasteiger partial charge >= 0.3 is 0 Å². The van der Waals surface area contributed by atoms with Crippen LogP contribution in [-0.4, -0.2) is 0 Å². The minimum atomic E-state index is -0.303. The summed E-state index contributed by atoms with van der Waals surface area (Å²) < 4.78 is 0. The van der Waals surface area contributed by atoms with E-state index in [0.717, 1.165) is 10.4 Å². The predicted molar refractivity (Wildman–Crippen MR) is 87.2 cm³/mol. The summed E-state index contributed by atoms with van der Waals surface area (Å²) in [5.41, 5.74) is 0.916. The summed E-state index contributed by atoms with van der Waals surface area (Å²) in [6.07, 6.45) is 0. The number of halogens is 3. The van der Waals surface area contributed by atoms with E-state index < -0.39 is 0 Å². The molecule has 4 heteroatoms. The number of alkyl halides is 1. The van der Waals surface area contributed by atoms with E-state index in [4.69, 9.17) is 34.8 Å². The zero-order valence-electron chi connectivity index (χ0n) is 11.0. The van der Waals surface area contributed by atoms with Crippen molar-refractivity contribution in [2.45, 2.75) is 31.6 Å². The number of thiophene rings is 1. The Bertz CT molecular complexity index is 561. The quantitative estimate of drug-likeness (QED) is 0.538. The second-order valence-electron chi connectivity index (χ2n) is 5.45. The molecule has 102 valence electrons. The molecule has 0 aliphatic rings. The minimum absolute atomic E-state index is 0.129. The third-order valence-corrected chi connectivity index (χ3v) is 5.69. The van der Waals surface area contributed by atoms with Gasteiger partial charge in [0, 0.05) is 25.4 Å². The molecule has 2 aromatic rings. The van der Waals surface area contributed by atoms with E-state index in [-0.39, 0.29) is 10.8 Å². The van der Waals surface area contributed by atoms with Gasteiger partial charge in [-0.05, 0) is 29.7 Å². The highest BCUT2D eigenvalue weighted by Gasteiger charge is 2.22. The first-order valence-corrected chi connectivity index (χ1v) is 8.00. The van der Waals surface area contributed by atoms with Gasteiger partial charge < -0.3 is 0 Å². The van der Waals surface area contributed by atoms with Crippen molar-refractivity contribution >= 4 is 46.1 Å². The van der Waals surface area contributed by atoms with Crippen molar-refractivity contribution in [3.05, 3.63) is 55.7 Å². The van der Waals surface area contributed by atoms with Gasteiger partial charge in [-0.1, -0.05) is 50.0 Å². The highest BCUT2D eigenvalue weighted by Crippen LogP contribution is 2.42. The molecule has 1 atom stereocenters. The Morgan fingerprint density at radius 3 is 2.05 bits per heavy atom. The van der Waals surface area contributed by atoms with Crippen molar-refractivity contribution in [3.8, 4) is 0 Å². The van der Waals surface area contributed by atoms with Crippen molar-refractivity contribution in [3.63, 3.8) is 0 Å². The van der Waals surface area contributed by atoms with Crippen LogP contribution < -0.4 is 0 Å². The summed E-state index contributed by atoms with van der Waals surface area (Å²) in [5, 5.41) is 0.915. The van der Waals surface area contributed by atoms with Gasteiger partial charge in [-0.2, -0.15) is 0 Å². The second kappa shape index (κ2) is 5.65. The molecule has 0 nitrogen and oxygen atoms in total. The van der Waals surface area contributed by atoms with Crippen molar-refractivity contribution in [1.82, 2.24) is 0 Å². The fraction of sp³-hybridized carbons (Fsp3) is 0.333. The van der Waals surface area contributed by atoms with Crippen LogP contribution >= 0.6 is 46.1 Å².